The molecule has 4 aromatic rings. The molecule has 0 aliphatic rings. The number of benzene rings is 3. The highest BCUT2D eigenvalue weighted by Crippen LogP contribution is 2.27. The maximum atomic E-state index is 10.9. The molecule has 7 heteroatoms. The minimum absolute atomic E-state index is 0.232. The molecule has 0 aliphatic carbocycles. The molecule has 0 saturated carbocycles. The largest absolute Gasteiger partial charge is 0.497 e. The smallest absolute Gasteiger partial charge is 0.341 e. The number of rotatable bonds is 10. The Balaban J connectivity index is 1.40. The van der Waals surface area contributed by atoms with Gasteiger partial charge in [0.2, 0.25) is 0 Å². The second-order valence-electron chi connectivity index (χ2n) is 7.66. The molecule has 0 bridgehead atoms. The number of methoxy groups -OCH3 is 1. The number of fused-ring (bicyclic) bond motifs is 1. The second kappa shape index (κ2) is 10.6. The summed E-state index contributed by atoms with van der Waals surface area (Å²) in [6.45, 7) is 2.01. The molecule has 0 saturated heterocycles. The standard InChI is InChI=1S/C27H25NO6/c1-18-5-3-6-20(27(18)34-17-26(29)30)15-32-23-7-4-8-24(14-23)33-16-21-10-9-19-13-22(31-2)11-12-25(19)28-21/h3-14H,15-17H2,1-2H3,(H,29,30). The number of ether oxygens (including phenoxy) is 4. The van der Waals surface area contributed by atoms with Crippen molar-refractivity contribution in [1.82, 2.24) is 4.98 Å². The van der Waals surface area contributed by atoms with E-state index in [0.29, 0.717) is 23.9 Å². The summed E-state index contributed by atoms with van der Waals surface area (Å²) in [4.78, 5) is 15.5. The highest BCUT2D eigenvalue weighted by Gasteiger charge is 2.10. The van der Waals surface area contributed by atoms with Gasteiger partial charge in [-0.05, 0) is 48.9 Å². The average molecular weight is 459 g/mol. The highest BCUT2D eigenvalue weighted by molar-refractivity contribution is 5.80. The van der Waals surface area contributed by atoms with Crippen LogP contribution in [-0.2, 0) is 18.0 Å². The molecule has 4 rings (SSSR count). The number of para-hydroxylation sites is 1. The third-order valence-electron chi connectivity index (χ3n) is 5.17. The fraction of sp³-hybridized carbons (Fsp3) is 0.185. The van der Waals surface area contributed by atoms with Gasteiger partial charge in [-0.15, -0.1) is 0 Å². The summed E-state index contributed by atoms with van der Waals surface area (Å²) in [7, 11) is 1.64. The van der Waals surface area contributed by atoms with Crippen molar-refractivity contribution in [1.29, 1.82) is 0 Å². The number of hydrogen-bond donors (Lipinski definition) is 1. The van der Waals surface area contributed by atoms with Crippen molar-refractivity contribution in [3.05, 3.63) is 89.6 Å². The Morgan fingerprint density at radius 2 is 1.62 bits per heavy atom. The van der Waals surface area contributed by atoms with Crippen LogP contribution in [0.5, 0.6) is 23.0 Å². The molecule has 174 valence electrons. The van der Waals surface area contributed by atoms with Gasteiger partial charge < -0.3 is 24.1 Å². The van der Waals surface area contributed by atoms with Crippen molar-refractivity contribution in [2.75, 3.05) is 13.7 Å². The lowest BCUT2D eigenvalue weighted by Crippen LogP contribution is -2.12. The Labute approximate surface area is 197 Å². The minimum Gasteiger partial charge on any atom is -0.497 e. The summed E-state index contributed by atoms with van der Waals surface area (Å²) in [5.74, 6) is 1.57. The molecule has 1 heterocycles. The molecule has 0 aliphatic heterocycles. The number of pyridine rings is 1. The van der Waals surface area contributed by atoms with Gasteiger partial charge >= 0.3 is 5.97 Å². The van der Waals surface area contributed by atoms with E-state index in [9.17, 15) is 4.79 Å². The van der Waals surface area contributed by atoms with Crippen LogP contribution < -0.4 is 18.9 Å². The van der Waals surface area contributed by atoms with Crippen LogP contribution in [0.15, 0.2) is 72.8 Å². The lowest BCUT2D eigenvalue weighted by atomic mass is 10.1. The van der Waals surface area contributed by atoms with Gasteiger partial charge in [0.15, 0.2) is 6.61 Å². The maximum absolute atomic E-state index is 10.9. The number of carbonyl (C=O) groups is 1. The predicted molar refractivity (Wildman–Crippen MR) is 128 cm³/mol. The van der Waals surface area contributed by atoms with E-state index in [4.69, 9.17) is 24.1 Å². The number of carboxylic acid groups (broad SMARTS) is 1. The zero-order valence-electron chi connectivity index (χ0n) is 19.0. The van der Waals surface area contributed by atoms with E-state index < -0.39 is 12.6 Å². The van der Waals surface area contributed by atoms with E-state index >= 15 is 0 Å². The zero-order chi connectivity index (χ0) is 23.9. The Kier molecular flexibility index (Phi) is 7.13. The van der Waals surface area contributed by atoms with Crippen molar-refractivity contribution in [2.45, 2.75) is 20.1 Å². The number of carboxylic acids is 1. The summed E-state index contributed by atoms with van der Waals surface area (Å²) in [5, 5.41) is 9.92. The predicted octanol–water partition coefficient (Wildman–Crippen LogP) is 5.17. The first-order valence-corrected chi connectivity index (χ1v) is 10.7. The van der Waals surface area contributed by atoms with Gasteiger partial charge in [-0.3, -0.25) is 0 Å². The van der Waals surface area contributed by atoms with E-state index in [1.807, 2.05) is 73.7 Å². The molecule has 0 atom stereocenters. The molecular weight excluding hydrogens is 434 g/mol. The second-order valence-corrected chi connectivity index (χ2v) is 7.66. The molecule has 0 fully saturated rings. The van der Waals surface area contributed by atoms with Gasteiger partial charge in [0.1, 0.15) is 36.2 Å². The monoisotopic (exact) mass is 459 g/mol. The topological polar surface area (TPSA) is 87.1 Å². The van der Waals surface area contributed by atoms with Crippen LogP contribution in [0.25, 0.3) is 10.9 Å². The highest BCUT2D eigenvalue weighted by atomic mass is 16.5. The molecule has 3 aromatic carbocycles. The van der Waals surface area contributed by atoms with E-state index in [1.54, 1.807) is 13.2 Å². The molecule has 7 nitrogen and oxygen atoms in total. The first kappa shape index (κ1) is 22.9. The summed E-state index contributed by atoms with van der Waals surface area (Å²) in [5.41, 5.74) is 3.30. The molecule has 1 N–H and O–H groups in total. The van der Waals surface area contributed by atoms with Crippen LogP contribution >= 0.6 is 0 Å². The number of nitrogens with zero attached hydrogens (tertiary/aromatic N) is 1. The van der Waals surface area contributed by atoms with Gasteiger partial charge in [-0.1, -0.05) is 30.3 Å². The van der Waals surface area contributed by atoms with Gasteiger partial charge in [-0.25, -0.2) is 9.78 Å². The van der Waals surface area contributed by atoms with Gasteiger partial charge in [0, 0.05) is 17.0 Å². The number of hydrogen-bond acceptors (Lipinski definition) is 6. The van der Waals surface area contributed by atoms with Crippen LogP contribution in [0.4, 0.5) is 0 Å². The Hall–Kier alpha value is -4.26. The van der Waals surface area contributed by atoms with Gasteiger partial charge in [0.25, 0.3) is 0 Å². The lowest BCUT2D eigenvalue weighted by molar-refractivity contribution is -0.139. The summed E-state index contributed by atoms with van der Waals surface area (Å²) in [6, 6.07) is 22.6. The van der Waals surface area contributed by atoms with Crippen molar-refractivity contribution in [2.24, 2.45) is 0 Å². The van der Waals surface area contributed by atoms with Crippen LogP contribution in [0.2, 0.25) is 0 Å². The summed E-state index contributed by atoms with van der Waals surface area (Å²) >= 11 is 0. The summed E-state index contributed by atoms with van der Waals surface area (Å²) in [6.07, 6.45) is 0. The Morgan fingerprint density at radius 3 is 2.38 bits per heavy atom. The van der Waals surface area contributed by atoms with E-state index in [1.165, 1.54) is 0 Å². The molecule has 0 radical (unpaired) electrons. The van der Waals surface area contributed by atoms with Crippen molar-refractivity contribution >= 4 is 16.9 Å². The fourth-order valence-electron chi connectivity index (χ4n) is 3.49. The minimum atomic E-state index is -1.03. The third-order valence-corrected chi connectivity index (χ3v) is 5.17. The number of aliphatic carboxylic acids is 1. The quantitative estimate of drug-likeness (QED) is 0.350. The maximum Gasteiger partial charge on any atom is 0.341 e. The molecule has 0 amide bonds. The third kappa shape index (κ3) is 5.75. The SMILES string of the molecule is COc1ccc2nc(COc3cccc(OCc4cccc(C)c4OCC(=O)O)c3)ccc2c1. The normalized spacial score (nSPS) is 10.6. The molecular formula is C27H25NO6. The number of aromatic nitrogens is 1. The van der Waals surface area contributed by atoms with Crippen molar-refractivity contribution in [3.63, 3.8) is 0 Å². The fourth-order valence-corrected chi connectivity index (χ4v) is 3.49. The molecule has 0 unspecified atom stereocenters. The summed E-state index contributed by atoms with van der Waals surface area (Å²) < 4.78 is 22.6. The van der Waals surface area contributed by atoms with Crippen molar-refractivity contribution in [3.8, 4) is 23.0 Å². The van der Waals surface area contributed by atoms with Gasteiger partial charge in [0.05, 0.1) is 18.3 Å². The molecule has 1 aromatic heterocycles. The van der Waals surface area contributed by atoms with Gasteiger partial charge in [-0.2, -0.15) is 0 Å². The average Bonchev–Trinajstić information content (AvgIpc) is 2.85. The van der Waals surface area contributed by atoms with E-state index in [2.05, 4.69) is 4.98 Å². The van der Waals surface area contributed by atoms with Crippen LogP contribution in [-0.4, -0.2) is 29.8 Å². The molecule has 34 heavy (non-hydrogen) atoms. The van der Waals surface area contributed by atoms with Crippen LogP contribution in [0, 0.1) is 6.92 Å². The first-order chi connectivity index (χ1) is 16.5. The van der Waals surface area contributed by atoms with Crippen LogP contribution in [0.1, 0.15) is 16.8 Å². The van der Waals surface area contributed by atoms with E-state index in [-0.39, 0.29) is 6.61 Å². The van der Waals surface area contributed by atoms with Crippen molar-refractivity contribution < 1.29 is 28.8 Å². The zero-order valence-corrected chi connectivity index (χ0v) is 19.0. The van der Waals surface area contributed by atoms with E-state index in [0.717, 1.165) is 33.5 Å². The lowest BCUT2D eigenvalue weighted by Gasteiger charge is -2.14. The first-order valence-electron chi connectivity index (χ1n) is 10.7. The Bertz CT molecular complexity index is 1300. The van der Waals surface area contributed by atoms with Crippen LogP contribution in [0.3, 0.4) is 0 Å². The molecule has 0 spiro atoms. The Morgan fingerprint density at radius 1 is 0.853 bits per heavy atom. The number of aryl methyl sites for hydroxylation is 1.